The third-order valence-electron chi connectivity index (χ3n) is 2.93. The minimum Gasteiger partial charge on any atom is -0.336 e. The monoisotopic (exact) mass is 324 g/mol. The molecule has 1 heterocycles. The lowest BCUT2D eigenvalue weighted by Gasteiger charge is -2.17. The van der Waals surface area contributed by atoms with Crippen LogP contribution in [0.5, 0.6) is 0 Å². The van der Waals surface area contributed by atoms with E-state index in [0.717, 1.165) is 17.0 Å². The molecular formula is C14H16N2O3S2. The van der Waals surface area contributed by atoms with E-state index in [1.54, 1.807) is 19.2 Å². The summed E-state index contributed by atoms with van der Waals surface area (Å²) in [6.45, 7) is 2.25. The number of aromatic nitrogens is 1. The van der Waals surface area contributed by atoms with Crippen LogP contribution in [0.25, 0.3) is 0 Å². The smallest absolute Gasteiger partial charge is 0.255 e. The van der Waals surface area contributed by atoms with Crippen molar-refractivity contribution in [1.29, 1.82) is 0 Å². The molecule has 1 aromatic carbocycles. The summed E-state index contributed by atoms with van der Waals surface area (Å²) < 4.78 is 23.5. The van der Waals surface area contributed by atoms with Crippen molar-refractivity contribution in [3.05, 3.63) is 45.9 Å². The number of hydrogen-bond acceptors (Lipinski definition) is 5. The molecule has 0 atom stereocenters. The van der Waals surface area contributed by atoms with E-state index in [2.05, 4.69) is 4.98 Å². The van der Waals surface area contributed by atoms with Crippen LogP contribution in [0.2, 0.25) is 0 Å². The zero-order valence-electron chi connectivity index (χ0n) is 12.0. The lowest BCUT2D eigenvalue weighted by Crippen LogP contribution is -2.27. The van der Waals surface area contributed by atoms with E-state index in [0.29, 0.717) is 6.54 Å². The van der Waals surface area contributed by atoms with Crippen LogP contribution in [-0.2, 0) is 16.4 Å². The molecule has 1 aromatic heterocycles. The summed E-state index contributed by atoms with van der Waals surface area (Å²) >= 11 is 1.52. The van der Waals surface area contributed by atoms with Gasteiger partial charge in [0.15, 0.2) is 9.84 Å². The number of sulfone groups is 1. The first kappa shape index (κ1) is 15.7. The predicted molar refractivity (Wildman–Crippen MR) is 82.2 cm³/mol. The van der Waals surface area contributed by atoms with Gasteiger partial charge in [-0.05, 0) is 19.1 Å². The van der Waals surface area contributed by atoms with Crippen molar-refractivity contribution >= 4 is 27.1 Å². The van der Waals surface area contributed by atoms with Gasteiger partial charge in [-0.1, -0.05) is 12.1 Å². The van der Waals surface area contributed by atoms with Gasteiger partial charge in [0.2, 0.25) is 0 Å². The Morgan fingerprint density at radius 1 is 1.33 bits per heavy atom. The summed E-state index contributed by atoms with van der Waals surface area (Å²) in [7, 11) is -1.81. The van der Waals surface area contributed by atoms with Crippen molar-refractivity contribution in [2.75, 3.05) is 13.3 Å². The second-order valence-electron chi connectivity index (χ2n) is 4.79. The molecule has 7 heteroatoms. The molecule has 1 amide bonds. The molecule has 2 aromatic rings. The van der Waals surface area contributed by atoms with E-state index in [1.165, 1.54) is 28.4 Å². The molecule has 0 saturated carbocycles. The number of benzene rings is 1. The maximum atomic E-state index is 12.5. The first-order chi connectivity index (χ1) is 9.79. The Bertz CT molecular complexity index is 766. The number of carbonyl (C=O) groups excluding carboxylic acids is 1. The molecule has 21 heavy (non-hydrogen) atoms. The van der Waals surface area contributed by atoms with Crippen molar-refractivity contribution in [3.63, 3.8) is 0 Å². The van der Waals surface area contributed by atoms with E-state index in [9.17, 15) is 13.2 Å². The molecular weight excluding hydrogens is 308 g/mol. The lowest BCUT2D eigenvalue weighted by molar-refractivity contribution is 0.0780. The highest BCUT2D eigenvalue weighted by atomic mass is 32.2. The van der Waals surface area contributed by atoms with Gasteiger partial charge >= 0.3 is 0 Å². The second kappa shape index (κ2) is 5.95. The number of thiazole rings is 1. The van der Waals surface area contributed by atoms with Crippen LogP contribution < -0.4 is 0 Å². The SMILES string of the molecule is Cc1nc(CN(C)C(=O)c2ccccc2S(C)(=O)=O)cs1. The largest absolute Gasteiger partial charge is 0.336 e. The maximum absolute atomic E-state index is 12.5. The van der Waals surface area contributed by atoms with Gasteiger partial charge in [-0.3, -0.25) is 4.79 Å². The fourth-order valence-electron chi connectivity index (χ4n) is 1.97. The topological polar surface area (TPSA) is 67.3 Å². The third-order valence-corrected chi connectivity index (χ3v) is 4.91. The first-order valence-electron chi connectivity index (χ1n) is 6.24. The highest BCUT2D eigenvalue weighted by Gasteiger charge is 2.21. The van der Waals surface area contributed by atoms with E-state index < -0.39 is 9.84 Å². The molecule has 0 fully saturated rings. The van der Waals surface area contributed by atoms with Crippen LogP contribution in [0.4, 0.5) is 0 Å². The molecule has 0 N–H and O–H groups in total. The van der Waals surface area contributed by atoms with Crippen molar-refractivity contribution < 1.29 is 13.2 Å². The molecule has 112 valence electrons. The molecule has 0 bridgehead atoms. The quantitative estimate of drug-likeness (QED) is 0.864. The zero-order valence-corrected chi connectivity index (χ0v) is 13.7. The summed E-state index contributed by atoms with van der Waals surface area (Å²) in [4.78, 5) is 18.3. The van der Waals surface area contributed by atoms with Crippen LogP contribution >= 0.6 is 11.3 Å². The molecule has 0 aliphatic carbocycles. The molecule has 0 saturated heterocycles. The van der Waals surface area contributed by atoms with E-state index in [1.807, 2.05) is 12.3 Å². The Hall–Kier alpha value is -1.73. The van der Waals surface area contributed by atoms with Crippen LogP contribution in [0, 0.1) is 6.92 Å². The average Bonchev–Trinajstić information content (AvgIpc) is 2.82. The highest BCUT2D eigenvalue weighted by Crippen LogP contribution is 2.18. The van der Waals surface area contributed by atoms with Gasteiger partial charge in [0, 0.05) is 18.7 Å². The molecule has 0 unspecified atom stereocenters. The zero-order chi connectivity index (χ0) is 15.6. The summed E-state index contributed by atoms with van der Waals surface area (Å²) in [6.07, 6.45) is 1.10. The fourth-order valence-corrected chi connectivity index (χ4v) is 3.45. The Morgan fingerprint density at radius 2 is 2.00 bits per heavy atom. The third kappa shape index (κ3) is 3.68. The number of aryl methyl sites for hydroxylation is 1. The predicted octanol–water partition coefficient (Wildman–Crippen LogP) is 2.13. The Kier molecular flexibility index (Phi) is 4.43. The molecule has 0 radical (unpaired) electrons. The number of rotatable bonds is 4. The summed E-state index contributed by atoms with van der Waals surface area (Å²) in [6, 6.07) is 6.24. The average molecular weight is 324 g/mol. The van der Waals surface area contributed by atoms with Crippen LogP contribution in [0.3, 0.4) is 0 Å². The van der Waals surface area contributed by atoms with Crippen molar-refractivity contribution in [2.45, 2.75) is 18.4 Å². The number of nitrogens with zero attached hydrogens (tertiary/aromatic N) is 2. The standard InChI is InChI=1S/C14H16N2O3S2/c1-10-15-11(9-20-10)8-16(2)14(17)12-6-4-5-7-13(12)21(3,18)19/h4-7,9H,8H2,1-3H3. The van der Waals surface area contributed by atoms with Gasteiger partial charge < -0.3 is 4.90 Å². The van der Waals surface area contributed by atoms with E-state index in [4.69, 9.17) is 0 Å². The number of hydrogen-bond donors (Lipinski definition) is 0. The lowest BCUT2D eigenvalue weighted by atomic mass is 10.2. The number of amides is 1. The van der Waals surface area contributed by atoms with Crippen molar-refractivity contribution in [2.24, 2.45) is 0 Å². The highest BCUT2D eigenvalue weighted by molar-refractivity contribution is 7.90. The molecule has 2 rings (SSSR count). The van der Waals surface area contributed by atoms with Gasteiger partial charge in [-0.15, -0.1) is 11.3 Å². The normalized spacial score (nSPS) is 11.4. The van der Waals surface area contributed by atoms with Crippen LogP contribution in [-0.4, -0.2) is 37.5 Å². The molecule has 0 aliphatic heterocycles. The van der Waals surface area contributed by atoms with Gasteiger partial charge in [-0.25, -0.2) is 13.4 Å². The molecule has 0 aliphatic rings. The van der Waals surface area contributed by atoms with Gasteiger partial charge in [-0.2, -0.15) is 0 Å². The Morgan fingerprint density at radius 3 is 2.57 bits per heavy atom. The van der Waals surface area contributed by atoms with E-state index in [-0.39, 0.29) is 16.4 Å². The summed E-state index contributed by atoms with van der Waals surface area (Å²) in [5, 5.41) is 2.82. The molecule has 5 nitrogen and oxygen atoms in total. The second-order valence-corrected chi connectivity index (χ2v) is 7.83. The maximum Gasteiger partial charge on any atom is 0.255 e. The van der Waals surface area contributed by atoms with Crippen molar-refractivity contribution in [1.82, 2.24) is 9.88 Å². The Balaban J connectivity index is 2.28. The Labute approximate surface area is 128 Å². The molecule has 0 spiro atoms. The fraction of sp³-hybridized carbons (Fsp3) is 0.286. The van der Waals surface area contributed by atoms with Crippen LogP contribution in [0.1, 0.15) is 21.1 Å². The summed E-state index contributed by atoms with van der Waals surface area (Å²) in [5.74, 6) is -0.332. The van der Waals surface area contributed by atoms with Crippen molar-refractivity contribution in [3.8, 4) is 0 Å². The minimum atomic E-state index is -3.44. The van der Waals surface area contributed by atoms with Gasteiger partial charge in [0.1, 0.15) is 0 Å². The number of carbonyl (C=O) groups is 1. The van der Waals surface area contributed by atoms with Gasteiger partial charge in [0.05, 0.1) is 27.7 Å². The first-order valence-corrected chi connectivity index (χ1v) is 9.01. The van der Waals surface area contributed by atoms with Crippen LogP contribution in [0.15, 0.2) is 34.5 Å². The van der Waals surface area contributed by atoms with E-state index >= 15 is 0 Å². The summed E-state index contributed by atoms with van der Waals surface area (Å²) in [5.41, 5.74) is 0.986. The minimum absolute atomic E-state index is 0.0521. The van der Waals surface area contributed by atoms with Gasteiger partial charge in [0.25, 0.3) is 5.91 Å².